The number of nitrogens with two attached hydrogens (primary N) is 1. The normalized spacial score (nSPS) is 25.4. The van der Waals surface area contributed by atoms with E-state index in [2.05, 4.69) is 36.1 Å². The van der Waals surface area contributed by atoms with Gasteiger partial charge in [-0.15, -0.1) is 0 Å². The number of aryl methyl sites for hydroxylation is 1. The molecular weight excluding hydrogens is 290 g/mol. The zero-order chi connectivity index (χ0) is 15.8. The number of hydrogen-bond donors (Lipinski definition) is 2. The molecule has 0 spiro atoms. The fourth-order valence-corrected chi connectivity index (χ4v) is 3.57. The highest BCUT2D eigenvalue weighted by Crippen LogP contribution is 2.36. The number of nitrogens with one attached hydrogen (secondary N) is 1. The summed E-state index contributed by atoms with van der Waals surface area (Å²) in [5, 5.41) is 7.25. The van der Waals surface area contributed by atoms with E-state index in [0.29, 0.717) is 17.9 Å². The number of nitrogens with zero attached hydrogens (tertiary/aromatic N) is 5. The number of rotatable bonds is 3. The van der Waals surface area contributed by atoms with E-state index < -0.39 is 0 Å². The molecular formula is C16H23N7. The maximum atomic E-state index is 5.89. The fraction of sp³-hybridized carbons (Fsp3) is 0.625. The van der Waals surface area contributed by atoms with Gasteiger partial charge >= 0.3 is 0 Å². The van der Waals surface area contributed by atoms with Crippen molar-refractivity contribution in [2.24, 2.45) is 5.73 Å². The lowest BCUT2D eigenvalue weighted by molar-refractivity contribution is 0.345. The van der Waals surface area contributed by atoms with Crippen LogP contribution in [0.4, 0.5) is 5.82 Å². The van der Waals surface area contributed by atoms with Crippen LogP contribution in [0, 0.1) is 6.92 Å². The van der Waals surface area contributed by atoms with Crippen molar-refractivity contribution in [3.05, 3.63) is 29.7 Å². The first kappa shape index (κ1) is 14.6. The lowest BCUT2D eigenvalue weighted by Crippen LogP contribution is -2.36. The maximum Gasteiger partial charge on any atom is 0.153 e. The van der Waals surface area contributed by atoms with Crippen LogP contribution in [0.2, 0.25) is 0 Å². The second kappa shape index (κ2) is 5.88. The van der Waals surface area contributed by atoms with E-state index in [1.807, 2.05) is 6.92 Å². The molecule has 1 aliphatic carbocycles. The van der Waals surface area contributed by atoms with Crippen LogP contribution in [0.15, 0.2) is 12.4 Å². The third-order valence-corrected chi connectivity index (χ3v) is 5.07. The van der Waals surface area contributed by atoms with E-state index in [9.17, 15) is 0 Å². The third-order valence-electron chi connectivity index (χ3n) is 5.07. The van der Waals surface area contributed by atoms with Crippen molar-refractivity contribution in [2.75, 3.05) is 18.0 Å². The summed E-state index contributed by atoms with van der Waals surface area (Å²) in [5.74, 6) is 3.85. The molecule has 7 nitrogen and oxygen atoms in total. The van der Waals surface area contributed by atoms with Gasteiger partial charge in [0, 0.05) is 42.7 Å². The van der Waals surface area contributed by atoms with E-state index in [1.165, 1.54) is 0 Å². The standard InChI is InChI=1S/C16H23N7/c1-10-20-16(22-21-10)11-2-4-23(5-3-11)15-8-14(18-9-19-15)12-6-13(17)7-12/h8-9,11-13H,2-7,17H2,1H3,(H,20,21,22). The summed E-state index contributed by atoms with van der Waals surface area (Å²) in [6.45, 7) is 3.91. The summed E-state index contributed by atoms with van der Waals surface area (Å²) in [5.41, 5.74) is 7.03. The van der Waals surface area contributed by atoms with E-state index in [0.717, 1.165) is 61.9 Å². The van der Waals surface area contributed by atoms with Crippen LogP contribution in [-0.2, 0) is 0 Å². The third kappa shape index (κ3) is 2.93. The Kier molecular flexibility index (Phi) is 3.72. The van der Waals surface area contributed by atoms with Gasteiger partial charge in [0.05, 0.1) is 0 Å². The van der Waals surface area contributed by atoms with E-state index in [1.54, 1.807) is 6.33 Å². The molecule has 3 heterocycles. The van der Waals surface area contributed by atoms with Crippen LogP contribution in [0.25, 0.3) is 0 Å². The van der Waals surface area contributed by atoms with Crippen molar-refractivity contribution in [3.8, 4) is 0 Å². The van der Waals surface area contributed by atoms with E-state index in [-0.39, 0.29) is 0 Å². The SMILES string of the molecule is Cc1nc(C2CCN(c3cc(C4CC(N)C4)ncn3)CC2)n[nH]1. The van der Waals surface area contributed by atoms with Crippen molar-refractivity contribution in [3.63, 3.8) is 0 Å². The molecule has 0 unspecified atom stereocenters. The average molecular weight is 313 g/mol. The molecule has 1 saturated heterocycles. The second-order valence-corrected chi connectivity index (χ2v) is 6.77. The summed E-state index contributed by atoms with van der Waals surface area (Å²) in [7, 11) is 0. The molecule has 0 aromatic carbocycles. The summed E-state index contributed by atoms with van der Waals surface area (Å²) < 4.78 is 0. The van der Waals surface area contributed by atoms with Gasteiger partial charge in [-0.05, 0) is 32.6 Å². The molecule has 2 aromatic heterocycles. The number of aromatic nitrogens is 5. The van der Waals surface area contributed by atoms with Crippen molar-refractivity contribution in [2.45, 2.75) is 50.5 Å². The van der Waals surface area contributed by atoms with Crippen molar-refractivity contribution in [1.29, 1.82) is 0 Å². The molecule has 2 aromatic rings. The molecule has 2 fully saturated rings. The largest absolute Gasteiger partial charge is 0.356 e. The van der Waals surface area contributed by atoms with Crippen LogP contribution in [-0.4, -0.2) is 44.3 Å². The lowest BCUT2D eigenvalue weighted by atomic mass is 9.78. The first-order chi connectivity index (χ1) is 11.2. The highest BCUT2D eigenvalue weighted by molar-refractivity contribution is 5.41. The zero-order valence-corrected chi connectivity index (χ0v) is 13.4. The minimum Gasteiger partial charge on any atom is -0.356 e. The molecule has 0 bridgehead atoms. The van der Waals surface area contributed by atoms with E-state index >= 15 is 0 Å². The maximum absolute atomic E-state index is 5.89. The van der Waals surface area contributed by atoms with Crippen molar-refractivity contribution < 1.29 is 0 Å². The lowest BCUT2D eigenvalue weighted by Gasteiger charge is -2.34. The van der Waals surface area contributed by atoms with Crippen molar-refractivity contribution in [1.82, 2.24) is 25.1 Å². The highest BCUT2D eigenvalue weighted by Gasteiger charge is 2.29. The molecule has 7 heteroatoms. The van der Waals surface area contributed by atoms with Crippen LogP contribution in [0.5, 0.6) is 0 Å². The first-order valence-electron chi connectivity index (χ1n) is 8.40. The van der Waals surface area contributed by atoms with Gasteiger partial charge in [-0.2, -0.15) is 5.10 Å². The van der Waals surface area contributed by atoms with Gasteiger partial charge in [0.2, 0.25) is 0 Å². The molecule has 3 N–H and O–H groups in total. The molecule has 2 aliphatic rings. The number of anilines is 1. The van der Waals surface area contributed by atoms with Gasteiger partial charge in [-0.3, -0.25) is 5.10 Å². The molecule has 4 rings (SSSR count). The molecule has 122 valence electrons. The van der Waals surface area contributed by atoms with Gasteiger partial charge in [0.1, 0.15) is 18.0 Å². The summed E-state index contributed by atoms with van der Waals surface area (Å²) >= 11 is 0. The van der Waals surface area contributed by atoms with Crippen LogP contribution in [0.1, 0.15) is 54.9 Å². The molecule has 0 amide bonds. The number of hydrogen-bond acceptors (Lipinski definition) is 6. The number of H-pyrrole nitrogens is 1. The minimum atomic E-state index is 0.346. The van der Waals surface area contributed by atoms with Crippen LogP contribution >= 0.6 is 0 Å². The molecule has 0 atom stereocenters. The Bertz CT molecular complexity index is 669. The summed E-state index contributed by atoms with van der Waals surface area (Å²) in [6.07, 6.45) is 5.90. The van der Waals surface area contributed by atoms with Gasteiger partial charge < -0.3 is 10.6 Å². The smallest absolute Gasteiger partial charge is 0.153 e. The molecule has 1 aliphatic heterocycles. The van der Waals surface area contributed by atoms with Crippen LogP contribution < -0.4 is 10.6 Å². The van der Waals surface area contributed by atoms with Crippen LogP contribution in [0.3, 0.4) is 0 Å². The topological polar surface area (TPSA) is 96.6 Å². The van der Waals surface area contributed by atoms with Gasteiger partial charge in [-0.1, -0.05) is 0 Å². The Morgan fingerprint density at radius 2 is 1.96 bits per heavy atom. The highest BCUT2D eigenvalue weighted by atomic mass is 15.2. The van der Waals surface area contributed by atoms with Gasteiger partial charge in [0.25, 0.3) is 0 Å². The molecule has 1 saturated carbocycles. The average Bonchev–Trinajstić information content (AvgIpc) is 2.99. The first-order valence-corrected chi connectivity index (χ1v) is 8.40. The monoisotopic (exact) mass is 313 g/mol. The van der Waals surface area contributed by atoms with Gasteiger partial charge in [-0.25, -0.2) is 15.0 Å². The minimum absolute atomic E-state index is 0.346. The van der Waals surface area contributed by atoms with Crippen molar-refractivity contribution >= 4 is 5.82 Å². The Labute approximate surface area is 135 Å². The summed E-state index contributed by atoms with van der Waals surface area (Å²) in [4.78, 5) is 15.7. The quantitative estimate of drug-likeness (QED) is 0.891. The Morgan fingerprint density at radius 1 is 1.17 bits per heavy atom. The zero-order valence-electron chi connectivity index (χ0n) is 13.4. The predicted octanol–water partition coefficient (Wildman–Crippen LogP) is 1.49. The Hall–Kier alpha value is -2.02. The Balaban J connectivity index is 1.41. The fourth-order valence-electron chi connectivity index (χ4n) is 3.57. The number of piperidine rings is 1. The predicted molar refractivity (Wildman–Crippen MR) is 87.3 cm³/mol. The number of aromatic amines is 1. The summed E-state index contributed by atoms with van der Waals surface area (Å²) in [6, 6.07) is 2.49. The molecule has 0 radical (unpaired) electrons. The Morgan fingerprint density at radius 3 is 2.61 bits per heavy atom. The van der Waals surface area contributed by atoms with E-state index in [4.69, 9.17) is 5.73 Å². The van der Waals surface area contributed by atoms with Gasteiger partial charge in [0.15, 0.2) is 5.82 Å². The molecule has 23 heavy (non-hydrogen) atoms. The second-order valence-electron chi connectivity index (χ2n) is 6.77.